The lowest BCUT2D eigenvalue weighted by Gasteiger charge is -2.27. The molecule has 0 spiro atoms. The van der Waals surface area contributed by atoms with Crippen LogP contribution in [0.15, 0.2) is 42.5 Å². The fourth-order valence-corrected chi connectivity index (χ4v) is 3.21. The van der Waals surface area contributed by atoms with E-state index in [1.807, 2.05) is 28.8 Å². The van der Waals surface area contributed by atoms with E-state index in [4.69, 9.17) is 0 Å². The summed E-state index contributed by atoms with van der Waals surface area (Å²) >= 11 is 0. The quantitative estimate of drug-likeness (QED) is 0.631. The summed E-state index contributed by atoms with van der Waals surface area (Å²) in [5, 5.41) is 13.8. The SMILES string of the molecule is CNC(=O)c1ccc(Nc2nc3cccc(CN4CCNCC4)n3n2)cc1. The number of anilines is 2. The highest BCUT2D eigenvalue weighted by Crippen LogP contribution is 2.17. The van der Waals surface area contributed by atoms with E-state index >= 15 is 0 Å². The number of hydrogen-bond donors (Lipinski definition) is 3. The number of rotatable bonds is 5. The number of carbonyl (C=O) groups excluding carboxylic acids is 1. The number of hydrogen-bond acceptors (Lipinski definition) is 6. The molecule has 0 saturated carbocycles. The minimum atomic E-state index is -0.107. The van der Waals surface area contributed by atoms with Crippen LogP contribution in [0.5, 0.6) is 0 Å². The van der Waals surface area contributed by atoms with Gasteiger partial charge in [0, 0.05) is 51.0 Å². The van der Waals surface area contributed by atoms with E-state index in [9.17, 15) is 4.79 Å². The van der Waals surface area contributed by atoms with E-state index in [1.54, 1.807) is 19.2 Å². The third kappa shape index (κ3) is 3.91. The number of pyridine rings is 1. The fourth-order valence-electron chi connectivity index (χ4n) is 3.21. The van der Waals surface area contributed by atoms with E-state index < -0.39 is 0 Å². The first-order valence-electron chi connectivity index (χ1n) is 9.10. The zero-order chi connectivity index (χ0) is 18.6. The van der Waals surface area contributed by atoms with Crippen LogP contribution in [-0.4, -0.2) is 58.6 Å². The molecule has 3 heterocycles. The molecule has 3 aromatic rings. The summed E-state index contributed by atoms with van der Waals surface area (Å²) in [5.74, 6) is 0.431. The van der Waals surface area contributed by atoms with Gasteiger partial charge in [0.15, 0.2) is 5.65 Å². The summed E-state index contributed by atoms with van der Waals surface area (Å²) in [7, 11) is 1.62. The minimum Gasteiger partial charge on any atom is -0.355 e. The number of nitrogens with one attached hydrogen (secondary N) is 3. The predicted molar refractivity (Wildman–Crippen MR) is 104 cm³/mol. The Balaban J connectivity index is 1.52. The van der Waals surface area contributed by atoms with Gasteiger partial charge in [-0.3, -0.25) is 9.69 Å². The normalized spacial score (nSPS) is 15.0. The number of amides is 1. The van der Waals surface area contributed by atoms with Crippen LogP contribution in [0.3, 0.4) is 0 Å². The summed E-state index contributed by atoms with van der Waals surface area (Å²) < 4.78 is 1.89. The van der Waals surface area contributed by atoms with Crippen molar-refractivity contribution in [2.75, 3.05) is 38.5 Å². The molecule has 27 heavy (non-hydrogen) atoms. The van der Waals surface area contributed by atoms with Gasteiger partial charge in [-0.1, -0.05) is 6.07 Å². The van der Waals surface area contributed by atoms with Crippen molar-refractivity contribution in [3.05, 3.63) is 53.7 Å². The molecule has 4 rings (SSSR count). The molecule has 3 N–H and O–H groups in total. The number of benzene rings is 1. The van der Waals surface area contributed by atoms with Crippen LogP contribution >= 0.6 is 0 Å². The van der Waals surface area contributed by atoms with Crippen molar-refractivity contribution in [3.8, 4) is 0 Å². The molecule has 0 aliphatic carbocycles. The molecule has 1 aromatic carbocycles. The van der Waals surface area contributed by atoms with Crippen LogP contribution in [0.2, 0.25) is 0 Å². The van der Waals surface area contributed by atoms with E-state index in [2.05, 4.69) is 37.0 Å². The highest BCUT2D eigenvalue weighted by atomic mass is 16.1. The summed E-state index contributed by atoms with van der Waals surface area (Å²) in [6.45, 7) is 4.96. The van der Waals surface area contributed by atoms with Gasteiger partial charge in [-0.15, -0.1) is 5.10 Å². The third-order valence-corrected chi connectivity index (χ3v) is 4.66. The van der Waals surface area contributed by atoms with Gasteiger partial charge >= 0.3 is 0 Å². The Kier molecular flexibility index (Phi) is 4.99. The predicted octanol–water partition coefficient (Wildman–Crippen LogP) is 1.24. The average molecular weight is 365 g/mol. The van der Waals surface area contributed by atoms with E-state index in [-0.39, 0.29) is 5.91 Å². The first-order valence-corrected chi connectivity index (χ1v) is 9.10. The van der Waals surface area contributed by atoms with Gasteiger partial charge in [-0.05, 0) is 36.4 Å². The molecule has 0 radical (unpaired) electrons. The van der Waals surface area contributed by atoms with Crippen molar-refractivity contribution < 1.29 is 4.79 Å². The first-order chi connectivity index (χ1) is 13.2. The topological polar surface area (TPSA) is 86.6 Å². The number of fused-ring (bicyclic) bond motifs is 1. The maximum atomic E-state index is 11.6. The van der Waals surface area contributed by atoms with Crippen molar-refractivity contribution in [2.24, 2.45) is 0 Å². The maximum Gasteiger partial charge on any atom is 0.251 e. The Bertz CT molecular complexity index is 929. The van der Waals surface area contributed by atoms with Crippen molar-refractivity contribution >= 4 is 23.2 Å². The van der Waals surface area contributed by atoms with Crippen LogP contribution in [0.4, 0.5) is 11.6 Å². The summed E-state index contributed by atoms with van der Waals surface area (Å²) in [4.78, 5) is 18.6. The largest absolute Gasteiger partial charge is 0.355 e. The van der Waals surface area contributed by atoms with Gasteiger partial charge in [0.25, 0.3) is 5.91 Å². The monoisotopic (exact) mass is 365 g/mol. The van der Waals surface area contributed by atoms with Crippen LogP contribution in [-0.2, 0) is 6.54 Å². The molecule has 0 atom stereocenters. The molecule has 1 amide bonds. The van der Waals surface area contributed by atoms with Crippen molar-refractivity contribution in [1.29, 1.82) is 0 Å². The lowest BCUT2D eigenvalue weighted by atomic mass is 10.2. The van der Waals surface area contributed by atoms with E-state index in [1.165, 1.54) is 0 Å². The van der Waals surface area contributed by atoms with Gasteiger partial charge in [0.05, 0.1) is 5.69 Å². The van der Waals surface area contributed by atoms with Crippen LogP contribution in [0.25, 0.3) is 5.65 Å². The van der Waals surface area contributed by atoms with Crippen molar-refractivity contribution in [1.82, 2.24) is 30.1 Å². The van der Waals surface area contributed by atoms with Gasteiger partial charge in [-0.2, -0.15) is 4.98 Å². The molecule has 140 valence electrons. The minimum absolute atomic E-state index is 0.107. The zero-order valence-electron chi connectivity index (χ0n) is 15.3. The molecule has 0 bridgehead atoms. The van der Waals surface area contributed by atoms with Crippen LogP contribution < -0.4 is 16.0 Å². The number of piperazine rings is 1. The van der Waals surface area contributed by atoms with Gasteiger partial charge in [0.2, 0.25) is 5.95 Å². The molecule has 8 heteroatoms. The lowest BCUT2D eigenvalue weighted by molar-refractivity contribution is 0.0963. The smallest absolute Gasteiger partial charge is 0.251 e. The second kappa shape index (κ2) is 7.73. The van der Waals surface area contributed by atoms with Crippen molar-refractivity contribution in [2.45, 2.75) is 6.54 Å². The summed E-state index contributed by atoms with van der Waals surface area (Å²) in [5.41, 5.74) is 3.38. The summed E-state index contributed by atoms with van der Waals surface area (Å²) in [6, 6.07) is 13.3. The van der Waals surface area contributed by atoms with Crippen molar-refractivity contribution in [3.63, 3.8) is 0 Å². The number of nitrogens with zero attached hydrogens (tertiary/aromatic N) is 4. The van der Waals surface area contributed by atoms with Gasteiger partial charge in [-0.25, -0.2) is 4.52 Å². The van der Waals surface area contributed by atoms with Crippen LogP contribution in [0, 0.1) is 0 Å². The fraction of sp³-hybridized carbons (Fsp3) is 0.316. The maximum absolute atomic E-state index is 11.6. The highest BCUT2D eigenvalue weighted by Gasteiger charge is 2.13. The van der Waals surface area contributed by atoms with Gasteiger partial charge < -0.3 is 16.0 Å². The Morgan fingerprint density at radius 2 is 1.93 bits per heavy atom. The Morgan fingerprint density at radius 3 is 2.67 bits per heavy atom. The molecule has 1 fully saturated rings. The highest BCUT2D eigenvalue weighted by molar-refractivity contribution is 5.94. The van der Waals surface area contributed by atoms with E-state index in [0.717, 1.165) is 49.8 Å². The Morgan fingerprint density at radius 1 is 1.15 bits per heavy atom. The Labute approximate surface area is 157 Å². The Hall–Kier alpha value is -2.97. The summed E-state index contributed by atoms with van der Waals surface area (Å²) in [6.07, 6.45) is 0. The standard InChI is InChI=1S/C19H23N7O/c1-20-18(27)14-5-7-15(8-6-14)22-19-23-17-4-2-3-16(26(17)24-19)13-25-11-9-21-10-12-25/h2-8,21H,9-13H2,1H3,(H,20,27)(H,22,24). The first kappa shape index (κ1) is 17.4. The average Bonchev–Trinajstić information content (AvgIpc) is 3.12. The second-order valence-electron chi connectivity index (χ2n) is 6.53. The molecule has 1 aliphatic heterocycles. The molecule has 2 aromatic heterocycles. The lowest BCUT2D eigenvalue weighted by Crippen LogP contribution is -2.43. The molecule has 1 aliphatic rings. The third-order valence-electron chi connectivity index (χ3n) is 4.66. The number of carbonyl (C=O) groups is 1. The molecule has 0 unspecified atom stereocenters. The van der Waals surface area contributed by atoms with Gasteiger partial charge in [0.1, 0.15) is 0 Å². The molecular formula is C19H23N7O. The second-order valence-corrected chi connectivity index (χ2v) is 6.53. The van der Waals surface area contributed by atoms with Crippen LogP contribution in [0.1, 0.15) is 16.1 Å². The zero-order valence-corrected chi connectivity index (χ0v) is 15.3. The molecule has 1 saturated heterocycles. The molecule has 8 nitrogen and oxygen atoms in total. The molecular weight excluding hydrogens is 342 g/mol. The van der Waals surface area contributed by atoms with E-state index in [0.29, 0.717) is 11.5 Å². The number of aromatic nitrogens is 3.